The Morgan fingerprint density at radius 3 is 2.25 bits per heavy atom. The topological polar surface area (TPSA) is 50.3 Å². The Labute approximate surface area is 122 Å². The number of aryl methyl sites for hydroxylation is 1. The quantitative estimate of drug-likeness (QED) is 0.880. The third-order valence-corrected chi connectivity index (χ3v) is 4.52. The molecule has 2 rings (SSSR count). The summed E-state index contributed by atoms with van der Waals surface area (Å²) >= 11 is 0. The Bertz CT molecular complexity index is 406. The SMILES string of the molecule is CCC(C)N1CCN(C(c2cnn(C)c2)C(C)N)CC1. The van der Waals surface area contributed by atoms with Crippen molar-refractivity contribution in [3.63, 3.8) is 0 Å². The van der Waals surface area contributed by atoms with Crippen LogP contribution in [0.4, 0.5) is 0 Å². The molecule has 1 fully saturated rings. The molecule has 0 radical (unpaired) electrons. The lowest BCUT2D eigenvalue weighted by Gasteiger charge is -2.42. The maximum Gasteiger partial charge on any atom is 0.0538 e. The van der Waals surface area contributed by atoms with E-state index in [1.807, 2.05) is 17.9 Å². The minimum absolute atomic E-state index is 0.120. The van der Waals surface area contributed by atoms with Crippen LogP contribution in [0.15, 0.2) is 12.4 Å². The van der Waals surface area contributed by atoms with Crippen LogP contribution in [0.1, 0.15) is 38.8 Å². The van der Waals surface area contributed by atoms with Gasteiger partial charge in [0.05, 0.1) is 12.2 Å². The Kier molecular flexibility index (Phi) is 5.18. The predicted octanol–water partition coefficient (Wildman–Crippen LogP) is 1.22. The van der Waals surface area contributed by atoms with E-state index in [9.17, 15) is 0 Å². The molecule has 1 saturated heterocycles. The number of hydrogen-bond acceptors (Lipinski definition) is 4. The van der Waals surface area contributed by atoms with Gasteiger partial charge in [-0.05, 0) is 20.3 Å². The molecular weight excluding hydrogens is 250 g/mol. The standard InChI is InChI=1S/C15H29N5/c1-5-12(2)19-6-8-20(9-7-19)15(13(3)16)14-10-17-18(4)11-14/h10-13,15H,5-9,16H2,1-4H3. The Morgan fingerprint density at radius 2 is 1.80 bits per heavy atom. The van der Waals surface area contributed by atoms with E-state index in [4.69, 9.17) is 5.73 Å². The zero-order valence-electron chi connectivity index (χ0n) is 13.3. The van der Waals surface area contributed by atoms with Crippen LogP contribution in [0.2, 0.25) is 0 Å². The van der Waals surface area contributed by atoms with Crippen molar-refractivity contribution < 1.29 is 0 Å². The average molecular weight is 279 g/mol. The van der Waals surface area contributed by atoms with Crippen molar-refractivity contribution in [2.24, 2.45) is 12.8 Å². The lowest BCUT2D eigenvalue weighted by atomic mass is 10.0. The lowest BCUT2D eigenvalue weighted by Crippen LogP contribution is -2.52. The molecular formula is C15H29N5. The lowest BCUT2D eigenvalue weighted by molar-refractivity contribution is 0.0652. The van der Waals surface area contributed by atoms with Gasteiger partial charge in [-0.2, -0.15) is 5.10 Å². The van der Waals surface area contributed by atoms with E-state index in [1.54, 1.807) is 0 Å². The zero-order chi connectivity index (χ0) is 14.7. The molecule has 0 bridgehead atoms. The summed E-state index contributed by atoms with van der Waals surface area (Å²) in [5, 5.41) is 4.30. The zero-order valence-corrected chi connectivity index (χ0v) is 13.3. The molecule has 3 unspecified atom stereocenters. The van der Waals surface area contributed by atoms with Gasteiger partial charge in [0.1, 0.15) is 0 Å². The van der Waals surface area contributed by atoms with E-state index in [-0.39, 0.29) is 12.1 Å². The first-order chi connectivity index (χ1) is 9.52. The molecule has 0 aromatic carbocycles. The van der Waals surface area contributed by atoms with Crippen molar-refractivity contribution in [1.29, 1.82) is 0 Å². The number of piperazine rings is 1. The number of hydrogen-bond donors (Lipinski definition) is 1. The number of rotatable bonds is 5. The normalized spacial score (nSPS) is 22.6. The Morgan fingerprint density at radius 1 is 1.20 bits per heavy atom. The molecule has 2 N–H and O–H groups in total. The van der Waals surface area contributed by atoms with E-state index >= 15 is 0 Å². The molecule has 0 aliphatic carbocycles. The summed E-state index contributed by atoms with van der Waals surface area (Å²) in [5.41, 5.74) is 7.47. The smallest absolute Gasteiger partial charge is 0.0538 e. The predicted molar refractivity (Wildman–Crippen MR) is 82.5 cm³/mol. The summed E-state index contributed by atoms with van der Waals surface area (Å²) in [7, 11) is 1.96. The minimum Gasteiger partial charge on any atom is -0.326 e. The number of aromatic nitrogens is 2. The molecule has 2 heterocycles. The maximum absolute atomic E-state index is 6.24. The molecule has 114 valence electrons. The fraction of sp³-hybridized carbons (Fsp3) is 0.800. The highest BCUT2D eigenvalue weighted by Gasteiger charge is 2.29. The van der Waals surface area contributed by atoms with Crippen molar-refractivity contribution in [2.45, 2.75) is 45.3 Å². The second-order valence-electron chi connectivity index (χ2n) is 6.08. The van der Waals surface area contributed by atoms with Crippen molar-refractivity contribution >= 4 is 0 Å². The Hall–Kier alpha value is -0.910. The molecule has 1 aliphatic rings. The first-order valence-corrected chi connectivity index (χ1v) is 7.75. The second kappa shape index (κ2) is 6.70. The van der Waals surface area contributed by atoms with Crippen molar-refractivity contribution in [3.8, 4) is 0 Å². The van der Waals surface area contributed by atoms with Crippen molar-refractivity contribution in [1.82, 2.24) is 19.6 Å². The highest BCUT2D eigenvalue weighted by molar-refractivity contribution is 5.13. The second-order valence-corrected chi connectivity index (χ2v) is 6.08. The molecule has 5 heteroatoms. The van der Waals surface area contributed by atoms with Crippen LogP contribution in [0, 0.1) is 0 Å². The molecule has 1 aromatic heterocycles. The van der Waals surface area contributed by atoms with E-state index in [1.165, 1.54) is 12.0 Å². The molecule has 20 heavy (non-hydrogen) atoms. The summed E-state index contributed by atoms with van der Waals surface area (Å²) in [4.78, 5) is 5.10. The number of nitrogens with two attached hydrogens (primary N) is 1. The summed E-state index contributed by atoms with van der Waals surface area (Å²) < 4.78 is 1.86. The molecule has 0 spiro atoms. The van der Waals surface area contributed by atoms with Gasteiger partial charge in [-0.15, -0.1) is 0 Å². The average Bonchev–Trinajstić information content (AvgIpc) is 2.85. The first kappa shape index (κ1) is 15.5. The van der Waals surface area contributed by atoms with Crippen LogP contribution in [-0.4, -0.2) is 57.8 Å². The van der Waals surface area contributed by atoms with Crippen LogP contribution in [-0.2, 0) is 7.05 Å². The third kappa shape index (κ3) is 3.40. The molecule has 3 atom stereocenters. The summed E-state index contributed by atoms with van der Waals surface area (Å²) in [6.07, 6.45) is 5.27. The van der Waals surface area contributed by atoms with Crippen molar-refractivity contribution in [2.75, 3.05) is 26.2 Å². The van der Waals surface area contributed by atoms with Crippen LogP contribution < -0.4 is 5.73 Å². The van der Waals surface area contributed by atoms with E-state index in [0.717, 1.165) is 26.2 Å². The molecule has 0 amide bonds. The van der Waals surface area contributed by atoms with Gasteiger partial charge >= 0.3 is 0 Å². The van der Waals surface area contributed by atoms with E-state index < -0.39 is 0 Å². The molecule has 1 aliphatic heterocycles. The largest absolute Gasteiger partial charge is 0.326 e. The third-order valence-electron chi connectivity index (χ3n) is 4.52. The minimum atomic E-state index is 0.120. The molecule has 0 saturated carbocycles. The summed E-state index contributed by atoms with van der Waals surface area (Å²) in [6.45, 7) is 11.1. The van der Waals surface area contributed by atoms with Crippen molar-refractivity contribution in [3.05, 3.63) is 18.0 Å². The molecule has 1 aromatic rings. The maximum atomic E-state index is 6.24. The summed E-state index contributed by atoms with van der Waals surface area (Å²) in [6, 6.07) is 1.08. The van der Waals surface area contributed by atoms with Gasteiger partial charge in [0.15, 0.2) is 0 Å². The van der Waals surface area contributed by atoms with Gasteiger partial charge in [0.25, 0.3) is 0 Å². The Balaban J connectivity index is 2.02. The summed E-state index contributed by atoms with van der Waals surface area (Å²) in [5.74, 6) is 0. The van der Waals surface area contributed by atoms with Gasteiger partial charge in [-0.1, -0.05) is 6.92 Å². The van der Waals surface area contributed by atoms with Gasteiger partial charge in [-0.25, -0.2) is 0 Å². The van der Waals surface area contributed by atoms with Crippen LogP contribution >= 0.6 is 0 Å². The van der Waals surface area contributed by atoms with E-state index in [2.05, 4.69) is 41.9 Å². The van der Waals surface area contributed by atoms with E-state index in [0.29, 0.717) is 6.04 Å². The first-order valence-electron chi connectivity index (χ1n) is 7.75. The highest BCUT2D eigenvalue weighted by atomic mass is 15.3. The monoisotopic (exact) mass is 279 g/mol. The van der Waals surface area contributed by atoms with Crippen LogP contribution in [0.25, 0.3) is 0 Å². The molecule has 5 nitrogen and oxygen atoms in total. The van der Waals surface area contributed by atoms with Crippen LogP contribution in [0.3, 0.4) is 0 Å². The van der Waals surface area contributed by atoms with Crippen LogP contribution in [0.5, 0.6) is 0 Å². The van der Waals surface area contributed by atoms with Gasteiger partial charge in [-0.3, -0.25) is 14.5 Å². The number of nitrogens with zero attached hydrogens (tertiary/aromatic N) is 4. The fourth-order valence-electron chi connectivity index (χ4n) is 3.15. The van der Waals surface area contributed by atoms with Gasteiger partial charge < -0.3 is 5.73 Å². The fourth-order valence-corrected chi connectivity index (χ4v) is 3.15. The highest BCUT2D eigenvalue weighted by Crippen LogP contribution is 2.25. The van der Waals surface area contributed by atoms with Gasteiger partial charge in [0.2, 0.25) is 0 Å². The van der Waals surface area contributed by atoms with Gasteiger partial charge in [0, 0.05) is 57.1 Å².